The van der Waals surface area contributed by atoms with E-state index in [1.165, 1.54) is 13.0 Å². The largest absolute Gasteiger partial charge is 0.756 e. The highest BCUT2D eigenvalue weighted by atomic mass is 31.2. The van der Waals surface area contributed by atoms with Gasteiger partial charge in [0.15, 0.2) is 0 Å². The molecule has 1 aliphatic rings. The molecule has 1 fully saturated rings. The molecule has 1 aromatic heterocycles. The van der Waals surface area contributed by atoms with Crippen LogP contribution in [0, 0.1) is 10.1 Å². The standard InChI is InChI=1S/C21H26NO18P3/c1-9(11-7-12-10-5-3-4-6-14(10)36-15(12)8-13(11)22(26)27)37-43(34,35-2)40-21-18(25)19(38-41(28,29)30)16(23)17(24)20(21)39-42(31,32)33/h3-9,16-21,23-25H,1-2H3,(H2,28,29,30)(H2,31,32,33)/p-1. The van der Waals surface area contributed by atoms with Gasteiger partial charge in [0.1, 0.15) is 47.8 Å². The second-order valence-electron chi connectivity index (χ2n) is 9.28. The summed E-state index contributed by atoms with van der Waals surface area (Å²) in [5.74, 6) is 0. The van der Waals surface area contributed by atoms with Crippen LogP contribution in [0.25, 0.3) is 21.9 Å². The normalized spacial score (nSPS) is 28.4. The van der Waals surface area contributed by atoms with Crippen LogP contribution in [0.4, 0.5) is 5.69 Å². The molecule has 1 aliphatic carbocycles. The van der Waals surface area contributed by atoms with E-state index in [9.17, 15) is 53.8 Å². The van der Waals surface area contributed by atoms with Crippen LogP contribution in [-0.2, 0) is 36.3 Å². The Kier molecular flexibility index (Phi) is 9.67. The molecule has 0 spiro atoms. The van der Waals surface area contributed by atoms with Gasteiger partial charge in [0, 0.05) is 17.9 Å². The number of furan rings is 1. The van der Waals surface area contributed by atoms with E-state index in [0.717, 1.165) is 13.2 Å². The molecule has 1 saturated carbocycles. The summed E-state index contributed by atoms with van der Waals surface area (Å²) in [4.78, 5) is 50.1. The van der Waals surface area contributed by atoms with Crippen molar-refractivity contribution in [2.24, 2.45) is 0 Å². The second kappa shape index (κ2) is 12.3. The zero-order valence-electron chi connectivity index (χ0n) is 21.9. The number of para-hydroxylation sites is 1. The summed E-state index contributed by atoms with van der Waals surface area (Å²) in [6.45, 7) is 1.20. The van der Waals surface area contributed by atoms with Gasteiger partial charge in [0.25, 0.3) is 13.5 Å². The molecule has 238 valence electrons. The van der Waals surface area contributed by atoms with Gasteiger partial charge in [-0.25, -0.2) is 9.13 Å². The number of hydrogen-bond acceptors (Lipinski definition) is 15. The van der Waals surface area contributed by atoms with Gasteiger partial charge in [-0.1, -0.05) is 18.2 Å². The number of aliphatic hydroxyl groups is 3. The molecule has 0 aliphatic heterocycles. The lowest BCUT2D eigenvalue weighted by Crippen LogP contribution is -2.65. The zero-order valence-corrected chi connectivity index (χ0v) is 24.6. The van der Waals surface area contributed by atoms with Crippen molar-refractivity contribution >= 4 is 51.1 Å². The van der Waals surface area contributed by atoms with Gasteiger partial charge in [0.2, 0.25) is 0 Å². The smallest absolute Gasteiger partial charge is 0.475 e. The highest BCUT2D eigenvalue weighted by molar-refractivity contribution is 7.48. The Morgan fingerprint density at radius 3 is 2.07 bits per heavy atom. The van der Waals surface area contributed by atoms with Crippen LogP contribution in [-0.4, -0.2) is 78.7 Å². The molecule has 19 nitrogen and oxygen atoms in total. The molecule has 0 saturated heterocycles. The first-order valence-corrected chi connectivity index (χ1v) is 16.5. The Labute approximate surface area is 240 Å². The average Bonchev–Trinajstić information content (AvgIpc) is 3.27. The van der Waals surface area contributed by atoms with Crippen LogP contribution in [0.5, 0.6) is 0 Å². The summed E-state index contributed by atoms with van der Waals surface area (Å²) in [5.41, 5.74) is -0.144. The minimum absolute atomic E-state index is 0.149. The van der Waals surface area contributed by atoms with Crippen LogP contribution in [0.1, 0.15) is 18.6 Å². The van der Waals surface area contributed by atoms with Crippen molar-refractivity contribution in [2.45, 2.75) is 49.7 Å². The maximum absolute atomic E-state index is 13.6. The summed E-state index contributed by atoms with van der Waals surface area (Å²) in [7, 11) is -15.6. The first kappa shape index (κ1) is 33.7. The van der Waals surface area contributed by atoms with Crippen molar-refractivity contribution in [3.63, 3.8) is 0 Å². The van der Waals surface area contributed by atoms with E-state index < -0.39 is 76.8 Å². The van der Waals surface area contributed by atoms with E-state index in [-0.39, 0.29) is 11.1 Å². The number of rotatable bonds is 11. The van der Waals surface area contributed by atoms with Crippen molar-refractivity contribution in [3.8, 4) is 0 Å². The van der Waals surface area contributed by atoms with Crippen LogP contribution in [0.15, 0.2) is 40.8 Å². The minimum Gasteiger partial charge on any atom is -0.756 e. The summed E-state index contributed by atoms with van der Waals surface area (Å²) >= 11 is 0. The van der Waals surface area contributed by atoms with Crippen LogP contribution >= 0.6 is 23.5 Å². The lowest BCUT2D eigenvalue weighted by Gasteiger charge is -2.45. The SMILES string of the molecule is COP(=O)(OC(C)c1cc2c(cc1[N+](=O)[O-])oc1ccccc12)OC1C(O)C(OP(=O)([O-])O)C(O)C(O)C1OP(=O)(O)O. The van der Waals surface area contributed by atoms with Crippen molar-refractivity contribution in [1.29, 1.82) is 0 Å². The number of phosphoric acid groups is 3. The third kappa shape index (κ3) is 7.40. The number of nitro groups is 1. The van der Waals surface area contributed by atoms with Crippen molar-refractivity contribution in [2.75, 3.05) is 7.11 Å². The van der Waals surface area contributed by atoms with E-state index in [2.05, 4.69) is 9.05 Å². The van der Waals surface area contributed by atoms with Gasteiger partial charge < -0.3 is 43.8 Å². The average molecular weight is 672 g/mol. The van der Waals surface area contributed by atoms with Crippen molar-refractivity contribution in [3.05, 3.63) is 52.1 Å². The van der Waals surface area contributed by atoms with Crippen LogP contribution in [0.3, 0.4) is 0 Å². The number of nitrogens with zero attached hydrogens (tertiary/aromatic N) is 1. The predicted molar refractivity (Wildman–Crippen MR) is 139 cm³/mol. The number of fused-ring (bicyclic) bond motifs is 3. The molecule has 0 amide bonds. The third-order valence-electron chi connectivity index (χ3n) is 6.46. The molecule has 2 aromatic carbocycles. The molecule has 3 aromatic rings. The van der Waals surface area contributed by atoms with E-state index in [4.69, 9.17) is 22.9 Å². The molecule has 9 atom stereocenters. The first-order chi connectivity index (χ1) is 19.8. The van der Waals surface area contributed by atoms with E-state index >= 15 is 0 Å². The number of phosphoric ester groups is 3. The summed E-state index contributed by atoms with van der Waals surface area (Å²) < 4.78 is 66.1. The van der Waals surface area contributed by atoms with Gasteiger partial charge in [-0.3, -0.25) is 32.8 Å². The van der Waals surface area contributed by atoms with Crippen LogP contribution < -0.4 is 4.89 Å². The third-order valence-corrected chi connectivity index (χ3v) is 9.01. The fourth-order valence-corrected chi connectivity index (χ4v) is 7.00. The molecule has 22 heteroatoms. The summed E-state index contributed by atoms with van der Waals surface area (Å²) in [6, 6.07) is 9.13. The fourth-order valence-electron chi connectivity index (χ4n) is 4.62. The van der Waals surface area contributed by atoms with Crippen LogP contribution in [0.2, 0.25) is 0 Å². The highest BCUT2D eigenvalue weighted by Gasteiger charge is 2.56. The predicted octanol–water partition coefficient (Wildman–Crippen LogP) is 1.13. The molecular weight excluding hydrogens is 647 g/mol. The van der Waals surface area contributed by atoms with Gasteiger partial charge in [0.05, 0.1) is 22.7 Å². The second-order valence-corrected chi connectivity index (χ2v) is 13.3. The molecule has 1 heterocycles. The topological polar surface area (TPSA) is 298 Å². The van der Waals surface area contributed by atoms with Gasteiger partial charge in [-0.15, -0.1) is 0 Å². The Morgan fingerprint density at radius 1 is 0.884 bits per heavy atom. The molecule has 0 radical (unpaired) electrons. The van der Waals surface area contributed by atoms with Crippen molar-refractivity contribution in [1.82, 2.24) is 0 Å². The van der Waals surface area contributed by atoms with E-state index in [1.807, 2.05) is 0 Å². The van der Waals surface area contributed by atoms with Gasteiger partial charge in [-0.05, 0) is 19.1 Å². The maximum Gasteiger partial charge on any atom is 0.475 e. The quantitative estimate of drug-likeness (QED) is 0.0944. The highest BCUT2D eigenvalue weighted by Crippen LogP contribution is 2.57. The summed E-state index contributed by atoms with van der Waals surface area (Å²) in [5, 5.41) is 44.3. The summed E-state index contributed by atoms with van der Waals surface area (Å²) in [6.07, 6.45) is -16.3. The molecular formula is C21H25NO18P3-. The lowest BCUT2D eigenvalue weighted by atomic mass is 9.85. The Balaban J connectivity index is 1.72. The minimum atomic E-state index is -5.73. The molecule has 0 bridgehead atoms. The Morgan fingerprint density at radius 2 is 1.49 bits per heavy atom. The molecule has 9 unspecified atom stereocenters. The molecule has 4 rings (SSSR count). The monoisotopic (exact) mass is 672 g/mol. The number of hydrogen-bond donors (Lipinski definition) is 6. The number of benzene rings is 2. The molecule has 6 N–H and O–H groups in total. The first-order valence-electron chi connectivity index (χ1n) is 12.0. The molecule has 43 heavy (non-hydrogen) atoms. The Hall–Kier alpha value is -2.15. The van der Waals surface area contributed by atoms with Gasteiger partial charge in [-0.2, -0.15) is 0 Å². The van der Waals surface area contributed by atoms with Crippen molar-refractivity contribution < 1.29 is 80.5 Å². The van der Waals surface area contributed by atoms with E-state index in [1.54, 1.807) is 24.3 Å². The lowest BCUT2D eigenvalue weighted by molar-refractivity contribution is -0.386. The zero-order chi connectivity index (χ0) is 32.1. The number of nitro benzene ring substituents is 1. The number of aliphatic hydroxyl groups excluding tert-OH is 3. The fraction of sp³-hybridized carbons (Fsp3) is 0.429. The Bertz CT molecular complexity index is 1650. The van der Waals surface area contributed by atoms with E-state index in [0.29, 0.717) is 16.4 Å². The maximum atomic E-state index is 13.6. The van der Waals surface area contributed by atoms with Gasteiger partial charge >= 0.3 is 15.6 Å².